The van der Waals surface area contributed by atoms with Crippen LogP contribution in [0.1, 0.15) is 46.0 Å². The van der Waals surface area contributed by atoms with Crippen LogP contribution in [0.25, 0.3) is 0 Å². The number of nitrogens with one attached hydrogen (secondary N) is 1. The van der Waals surface area contributed by atoms with Crippen molar-refractivity contribution >= 4 is 17.3 Å². The van der Waals surface area contributed by atoms with Crippen molar-refractivity contribution in [2.45, 2.75) is 52.0 Å². The highest BCUT2D eigenvalue weighted by atomic mass is 35.5. The van der Waals surface area contributed by atoms with Gasteiger partial charge in [0.15, 0.2) is 5.15 Å². The van der Waals surface area contributed by atoms with Crippen molar-refractivity contribution in [3.8, 4) is 0 Å². The Morgan fingerprint density at radius 1 is 1.38 bits per heavy atom. The zero-order valence-corrected chi connectivity index (χ0v) is 10.8. The van der Waals surface area contributed by atoms with Gasteiger partial charge in [-0.05, 0) is 13.3 Å². The molecule has 3 nitrogen and oxygen atoms in total. The maximum Gasteiger partial charge on any atom is 0.153 e. The monoisotopic (exact) mass is 241 g/mol. The predicted molar refractivity (Wildman–Crippen MR) is 68.9 cm³/mol. The zero-order valence-electron chi connectivity index (χ0n) is 10.0. The Morgan fingerprint density at radius 3 is 2.88 bits per heavy atom. The third kappa shape index (κ3) is 5.31. The molecule has 0 aliphatic carbocycles. The van der Waals surface area contributed by atoms with Crippen LogP contribution in [0.2, 0.25) is 5.15 Å². The fraction of sp³-hybridized carbons (Fsp3) is 0.667. The molecule has 0 saturated heterocycles. The summed E-state index contributed by atoms with van der Waals surface area (Å²) >= 11 is 5.76. The molecule has 0 bridgehead atoms. The molecular formula is C12H20ClN3. The molecule has 0 aromatic carbocycles. The number of unbranched alkanes of at least 4 members (excludes halogenated alkanes) is 3. The average Bonchev–Trinajstić information content (AvgIpc) is 2.24. The summed E-state index contributed by atoms with van der Waals surface area (Å²) in [5.41, 5.74) is 0.947. The first-order chi connectivity index (χ1) is 7.72. The molecule has 0 fully saturated rings. The van der Waals surface area contributed by atoms with Crippen molar-refractivity contribution in [1.82, 2.24) is 10.2 Å². The van der Waals surface area contributed by atoms with Crippen LogP contribution in [0.5, 0.6) is 0 Å². The standard InChI is InChI=1S/C12H20ClN3/c1-3-4-5-6-7-10(2)15-11-8-12(13)16-14-9-11/h8-10H,3-7H2,1-2H3,(H,15,16). The summed E-state index contributed by atoms with van der Waals surface area (Å²) in [6, 6.07) is 2.26. The molecule has 1 rings (SSSR count). The van der Waals surface area contributed by atoms with Crippen molar-refractivity contribution in [2.75, 3.05) is 5.32 Å². The molecule has 0 amide bonds. The van der Waals surface area contributed by atoms with Crippen LogP contribution in [-0.4, -0.2) is 16.2 Å². The Balaban J connectivity index is 2.25. The van der Waals surface area contributed by atoms with Crippen molar-refractivity contribution in [2.24, 2.45) is 0 Å². The Labute approximate surface area is 103 Å². The van der Waals surface area contributed by atoms with E-state index < -0.39 is 0 Å². The fourth-order valence-corrected chi connectivity index (χ4v) is 1.81. The van der Waals surface area contributed by atoms with E-state index in [9.17, 15) is 0 Å². The minimum atomic E-state index is 0.434. The van der Waals surface area contributed by atoms with Gasteiger partial charge < -0.3 is 5.32 Å². The summed E-state index contributed by atoms with van der Waals surface area (Å²) in [6.45, 7) is 4.41. The molecule has 1 N–H and O–H groups in total. The highest BCUT2D eigenvalue weighted by molar-refractivity contribution is 6.29. The van der Waals surface area contributed by atoms with E-state index in [-0.39, 0.29) is 0 Å². The molecule has 1 atom stereocenters. The van der Waals surface area contributed by atoms with E-state index in [2.05, 4.69) is 29.4 Å². The number of rotatable bonds is 7. The first-order valence-corrected chi connectivity index (χ1v) is 6.35. The topological polar surface area (TPSA) is 37.8 Å². The molecular weight excluding hydrogens is 222 g/mol. The van der Waals surface area contributed by atoms with Gasteiger partial charge in [-0.25, -0.2) is 0 Å². The molecule has 4 heteroatoms. The van der Waals surface area contributed by atoms with Gasteiger partial charge in [0, 0.05) is 12.1 Å². The first kappa shape index (κ1) is 13.2. The lowest BCUT2D eigenvalue weighted by molar-refractivity contribution is 0.594. The summed E-state index contributed by atoms with van der Waals surface area (Å²) < 4.78 is 0. The molecule has 0 aliphatic heterocycles. The zero-order chi connectivity index (χ0) is 11.8. The van der Waals surface area contributed by atoms with Gasteiger partial charge in [0.05, 0.1) is 11.9 Å². The highest BCUT2D eigenvalue weighted by Crippen LogP contribution is 2.14. The average molecular weight is 242 g/mol. The van der Waals surface area contributed by atoms with Gasteiger partial charge in [-0.15, -0.1) is 5.10 Å². The first-order valence-electron chi connectivity index (χ1n) is 5.97. The number of hydrogen-bond donors (Lipinski definition) is 1. The quantitative estimate of drug-likeness (QED) is 0.736. The summed E-state index contributed by atoms with van der Waals surface area (Å²) in [5.74, 6) is 0. The van der Waals surface area contributed by atoms with E-state index in [1.807, 2.05) is 0 Å². The molecule has 0 aliphatic rings. The van der Waals surface area contributed by atoms with Crippen LogP contribution >= 0.6 is 11.6 Å². The smallest absolute Gasteiger partial charge is 0.153 e. The van der Waals surface area contributed by atoms with Crippen molar-refractivity contribution in [1.29, 1.82) is 0 Å². The molecule has 0 saturated carbocycles. The van der Waals surface area contributed by atoms with Gasteiger partial charge in [-0.2, -0.15) is 5.10 Å². The van der Waals surface area contributed by atoms with Gasteiger partial charge >= 0.3 is 0 Å². The maximum atomic E-state index is 5.76. The number of aromatic nitrogens is 2. The Kier molecular flexibility index (Phi) is 6.16. The normalized spacial score (nSPS) is 12.4. The second-order valence-corrected chi connectivity index (χ2v) is 4.55. The molecule has 16 heavy (non-hydrogen) atoms. The van der Waals surface area contributed by atoms with E-state index in [0.717, 1.165) is 5.69 Å². The molecule has 1 heterocycles. The second-order valence-electron chi connectivity index (χ2n) is 4.16. The molecule has 1 unspecified atom stereocenters. The molecule has 90 valence electrons. The van der Waals surface area contributed by atoms with Crippen LogP contribution in [0.4, 0.5) is 5.69 Å². The van der Waals surface area contributed by atoms with Crippen LogP contribution < -0.4 is 5.32 Å². The predicted octanol–water partition coefficient (Wildman–Crippen LogP) is 3.90. The largest absolute Gasteiger partial charge is 0.381 e. The second kappa shape index (κ2) is 7.44. The third-order valence-electron chi connectivity index (χ3n) is 2.53. The molecule has 1 aromatic heterocycles. The molecule has 0 spiro atoms. The number of anilines is 1. The summed E-state index contributed by atoms with van der Waals surface area (Å²) in [4.78, 5) is 0. The van der Waals surface area contributed by atoms with E-state index in [1.165, 1.54) is 32.1 Å². The highest BCUT2D eigenvalue weighted by Gasteiger charge is 2.02. The van der Waals surface area contributed by atoms with Gasteiger partial charge in [-0.3, -0.25) is 0 Å². The van der Waals surface area contributed by atoms with Gasteiger partial charge in [0.25, 0.3) is 0 Å². The van der Waals surface area contributed by atoms with E-state index in [1.54, 1.807) is 12.3 Å². The van der Waals surface area contributed by atoms with E-state index in [0.29, 0.717) is 11.2 Å². The van der Waals surface area contributed by atoms with Gasteiger partial charge in [0.1, 0.15) is 0 Å². The number of hydrogen-bond acceptors (Lipinski definition) is 3. The maximum absolute atomic E-state index is 5.76. The van der Waals surface area contributed by atoms with Crippen LogP contribution in [-0.2, 0) is 0 Å². The third-order valence-corrected chi connectivity index (χ3v) is 2.71. The summed E-state index contributed by atoms with van der Waals surface area (Å²) in [6.07, 6.45) is 8.08. The van der Waals surface area contributed by atoms with E-state index >= 15 is 0 Å². The number of halogens is 1. The lowest BCUT2D eigenvalue weighted by Gasteiger charge is -2.14. The van der Waals surface area contributed by atoms with Crippen molar-refractivity contribution in [3.05, 3.63) is 17.4 Å². The van der Waals surface area contributed by atoms with Crippen LogP contribution in [0, 0.1) is 0 Å². The van der Waals surface area contributed by atoms with Crippen molar-refractivity contribution in [3.63, 3.8) is 0 Å². The fourth-order valence-electron chi connectivity index (χ4n) is 1.65. The molecule has 0 radical (unpaired) electrons. The minimum absolute atomic E-state index is 0.434. The summed E-state index contributed by atoms with van der Waals surface area (Å²) in [5, 5.41) is 11.3. The summed E-state index contributed by atoms with van der Waals surface area (Å²) in [7, 11) is 0. The number of nitrogens with zero attached hydrogens (tertiary/aromatic N) is 2. The Bertz CT molecular complexity index is 304. The van der Waals surface area contributed by atoms with Gasteiger partial charge in [-0.1, -0.05) is 44.2 Å². The minimum Gasteiger partial charge on any atom is -0.381 e. The lowest BCUT2D eigenvalue weighted by atomic mass is 10.1. The van der Waals surface area contributed by atoms with Crippen LogP contribution in [0.15, 0.2) is 12.3 Å². The SMILES string of the molecule is CCCCCCC(C)Nc1cnnc(Cl)c1. The van der Waals surface area contributed by atoms with Gasteiger partial charge in [0.2, 0.25) is 0 Å². The van der Waals surface area contributed by atoms with Crippen molar-refractivity contribution < 1.29 is 0 Å². The Hall–Kier alpha value is -0.830. The van der Waals surface area contributed by atoms with Crippen LogP contribution in [0.3, 0.4) is 0 Å². The van der Waals surface area contributed by atoms with E-state index in [4.69, 9.17) is 11.6 Å². The molecule has 1 aromatic rings. The lowest BCUT2D eigenvalue weighted by Crippen LogP contribution is -2.15. The Morgan fingerprint density at radius 2 is 2.19 bits per heavy atom.